The summed E-state index contributed by atoms with van der Waals surface area (Å²) in [6.07, 6.45) is 6.65. The van der Waals surface area contributed by atoms with Gasteiger partial charge in [-0.15, -0.1) is 24.2 Å². The number of carboxylic acids is 1. The topological polar surface area (TPSA) is 40.5 Å². The van der Waals surface area contributed by atoms with Crippen molar-refractivity contribution in [2.45, 2.75) is 38.1 Å². The SMILES string of the molecule is Cl.O=C(O)CSC[C@@H]1CCCN2CCCC[C@H]12. The Morgan fingerprint density at radius 1 is 1.24 bits per heavy atom. The van der Waals surface area contributed by atoms with Gasteiger partial charge in [-0.3, -0.25) is 4.79 Å². The molecule has 1 N–H and O–H groups in total. The molecule has 2 heterocycles. The molecular weight excluding hydrogens is 258 g/mol. The first kappa shape index (κ1) is 15.1. The van der Waals surface area contributed by atoms with E-state index in [4.69, 9.17) is 5.11 Å². The van der Waals surface area contributed by atoms with Crippen LogP contribution in [0.2, 0.25) is 0 Å². The van der Waals surface area contributed by atoms with Gasteiger partial charge in [0.2, 0.25) is 0 Å². The number of piperidine rings is 2. The molecular formula is C12H22ClNO2S. The van der Waals surface area contributed by atoms with E-state index in [9.17, 15) is 4.79 Å². The molecule has 2 atom stereocenters. The number of nitrogens with zero attached hydrogens (tertiary/aromatic N) is 1. The molecule has 5 heteroatoms. The van der Waals surface area contributed by atoms with Crippen LogP contribution in [-0.4, -0.2) is 46.6 Å². The summed E-state index contributed by atoms with van der Waals surface area (Å²) in [6.45, 7) is 2.54. The third kappa shape index (κ3) is 4.34. The number of halogens is 1. The predicted octanol–water partition coefficient (Wildman–Crippen LogP) is 2.49. The summed E-state index contributed by atoms with van der Waals surface area (Å²) >= 11 is 1.60. The van der Waals surface area contributed by atoms with Gasteiger partial charge in [0.1, 0.15) is 0 Å². The molecule has 0 saturated carbocycles. The van der Waals surface area contributed by atoms with Crippen LogP contribution in [0, 0.1) is 5.92 Å². The molecule has 0 amide bonds. The highest BCUT2D eigenvalue weighted by Crippen LogP contribution is 2.32. The third-order valence-corrected chi connectivity index (χ3v) is 4.90. The van der Waals surface area contributed by atoms with Crippen LogP contribution in [0.5, 0.6) is 0 Å². The average Bonchev–Trinajstić information content (AvgIpc) is 2.29. The van der Waals surface area contributed by atoms with Crippen molar-refractivity contribution in [3.63, 3.8) is 0 Å². The lowest BCUT2D eigenvalue weighted by Gasteiger charge is -2.44. The minimum Gasteiger partial charge on any atom is -0.481 e. The van der Waals surface area contributed by atoms with Crippen molar-refractivity contribution in [3.8, 4) is 0 Å². The van der Waals surface area contributed by atoms with Crippen molar-refractivity contribution in [1.82, 2.24) is 4.90 Å². The van der Waals surface area contributed by atoms with Crippen LogP contribution in [0.15, 0.2) is 0 Å². The lowest BCUT2D eigenvalue weighted by atomic mass is 9.85. The number of carboxylic acid groups (broad SMARTS) is 1. The second-order valence-corrected chi connectivity index (χ2v) is 5.94. The molecule has 100 valence electrons. The molecule has 2 saturated heterocycles. The Labute approximate surface area is 114 Å². The maximum Gasteiger partial charge on any atom is 0.313 e. The van der Waals surface area contributed by atoms with E-state index in [2.05, 4.69) is 4.90 Å². The number of hydrogen-bond acceptors (Lipinski definition) is 3. The number of thioether (sulfide) groups is 1. The smallest absolute Gasteiger partial charge is 0.313 e. The second-order valence-electron chi connectivity index (χ2n) is 4.91. The van der Waals surface area contributed by atoms with E-state index in [0.29, 0.717) is 0 Å². The minimum atomic E-state index is -0.679. The molecule has 0 aliphatic carbocycles. The average molecular weight is 280 g/mol. The highest BCUT2D eigenvalue weighted by Gasteiger charge is 2.32. The zero-order valence-corrected chi connectivity index (χ0v) is 11.8. The van der Waals surface area contributed by atoms with Gasteiger partial charge in [-0.05, 0) is 50.4 Å². The van der Waals surface area contributed by atoms with E-state index < -0.39 is 5.97 Å². The Hall–Kier alpha value is 0.0700. The van der Waals surface area contributed by atoms with E-state index in [1.165, 1.54) is 45.2 Å². The monoisotopic (exact) mass is 279 g/mol. The molecule has 0 aromatic rings. The lowest BCUT2D eigenvalue weighted by Crippen LogP contribution is -2.48. The Morgan fingerprint density at radius 3 is 2.76 bits per heavy atom. The zero-order valence-electron chi connectivity index (χ0n) is 10.1. The van der Waals surface area contributed by atoms with Crippen molar-refractivity contribution >= 4 is 30.1 Å². The molecule has 0 spiro atoms. The van der Waals surface area contributed by atoms with Crippen molar-refractivity contribution in [2.24, 2.45) is 5.92 Å². The molecule has 0 unspecified atom stereocenters. The van der Waals surface area contributed by atoms with Gasteiger partial charge >= 0.3 is 5.97 Å². The van der Waals surface area contributed by atoms with Gasteiger partial charge in [0.05, 0.1) is 5.75 Å². The maximum absolute atomic E-state index is 10.5. The number of rotatable bonds is 4. The second kappa shape index (κ2) is 7.49. The van der Waals surface area contributed by atoms with Gasteiger partial charge in [0.25, 0.3) is 0 Å². The summed E-state index contributed by atoms with van der Waals surface area (Å²) < 4.78 is 0. The van der Waals surface area contributed by atoms with E-state index >= 15 is 0 Å². The molecule has 2 fully saturated rings. The molecule has 3 nitrogen and oxygen atoms in total. The van der Waals surface area contributed by atoms with Crippen LogP contribution < -0.4 is 0 Å². The summed E-state index contributed by atoms with van der Waals surface area (Å²) in [5, 5.41) is 8.64. The van der Waals surface area contributed by atoms with E-state index in [0.717, 1.165) is 17.7 Å². The van der Waals surface area contributed by atoms with Gasteiger partial charge in [-0.25, -0.2) is 0 Å². The Balaban J connectivity index is 0.00000144. The molecule has 0 bridgehead atoms. The number of carbonyl (C=O) groups is 1. The maximum atomic E-state index is 10.5. The van der Waals surface area contributed by atoms with Crippen molar-refractivity contribution < 1.29 is 9.90 Å². The first-order valence-corrected chi connectivity index (χ1v) is 7.46. The zero-order chi connectivity index (χ0) is 11.4. The highest BCUT2D eigenvalue weighted by atomic mass is 35.5. The first-order valence-electron chi connectivity index (χ1n) is 6.31. The van der Waals surface area contributed by atoms with Gasteiger partial charge in [-0.1, -0.05) is 6.42 Å². The normalized spacial score (nSPS) is 29.2. The van der Waals surface area contributed by atoms with Crippen molar-refractivity contribution in [1.29, 1.82) is 0 Å². The van der Waals surface area contributed by atoms with Crippen molar-refractivity contribution in [2.75, 3.05) is 24.6 Å². The highest BCUT2D eigenvalue weighted by molar-refractivity contribution is 7.99. The van der Waals surface area contributed by atoms with Crippen molar-refractivity contribution in [3.05, 3.63) is 0 Å². The molecule has 17 heavy (non-hydrogen) atoms. The summed E-state index contributed by atoms with van der Waals surface area (Å²) in [5.74, 6) is 1.36. The van der Waals surface area contributed by atoms with Gasteiger partial charge in [0, 0.05) is 6.04 Å². The third-order valence-electron chi connectivity index (χ3n) is 3.79. The predicted molar refractivity (Wildman–Crippen MR) is 74.1 cm³/mol. The number of aliphatic carboxylic acids is 1. The minimum absolute atomic E-state index is 0. The fourth-order valence-electron chi connectivity index (χ4n) is 3.07. The quantitative estimate of drug-likeness (QED) is 0.858. The Morgan fingerprint density at radius 2 is 2.00 bits per heavy atom. The summed E-state index contributed by atoms with van der Waals surface area (Å²) in [4.78, 5) is 13.1. The van der Waals surface area contributed by atoms with Crippen LogP contribution in [0.4, 0.5) is 0 Å². The molecule has 0 radical (unpaired) electrons. The van der Waals surface area contributed by atoms with E-state index in [1.807, 2.05) is 0 Å². The van der Waals surface area contributed by atoms with Crippen LogP contribution in [0.25, 0.3) is 0 Å². The van der Waals surface area contributed by atoms with Crippen LogP contribution in [0.1, 0.15) is 32.1 Å². The van der Waals surface area contributed by atoms with Gasteiger partial charge < -0.3 is 10.0 Å². The summed E-state index contributed by atoms with van der Waals surface area (Å²) in [7, 11) is 0. The molecule has 2 aliphatic rings. The fourth-order valence-corrected chi connectivity index (χ4v) is 4.05. The fraction of sp³-hybridized carbons (Fsp3) is 0.917. The van der Waals surface area contributed by atoms with E-state index in [1.54, 1.807) is 11.8 Å². The molecule has 0 aromatic carbocycles. The molecule has 2 rings (SSSR count). The largest absolute Gasteiger partial charge is 0.481 e. The Kier molecular flexibility index (Phi) is 6.67. The lowest BCUT2D eigenvalue weighted by molar-refractivity contribution is -0.133. The van der Waals surface area contributed by atoms with Crippen LogP contribution in [-0.2, 0) is 4.79 Å². The summed E-state index contributed by atoms with van der Waals surface area (Å²) in [6, 6.07) is 0.754. The standard InChI is InChI=1S/C12H21NO2S.ClH/c14-12(15)9-16-8-10-4-3-7-13-6-2-1-5-11(10)13;/h10-11H,1-9H2,(H,14,15);1H/t10-,11+;/m0./s1. The van der Waals surface area contributed by atoms with Crippen LogP contribution >= 0.6 is 24.2 Å². The first-order chi connectivity index (χ1) is 7.77. The van der Waals surface area contributed by atoms with Gasteiger partial charge in [0.15, 0.2) is 0 Å². The number of fused-ring (bicyclic) bond motifs is 1. The Bertz CT molecular complexity index is 251. The molecule has 0 aromatic heterocycles. The van der Waals surface area contributed by atoms with Crippen LogP contribution in [0.3, 0.4) is 0 Å². The van der Waals surface area contributed by atoms with E-state index in [-0.39, 0.29) is 18.2 Å². The number of hydrogen-bond donors (Lipinski definition) is 1. The molecule has 2 aliphatic heterocycles. The van der Waals surface area contributed by atoms with Gasteiger partial charge in [-0.2, -0.15) is 0 Å². The summed E-state index contributed by atoms with van der Waals surface area (Å²) in [5.41, 5.74) is 0.